The Morgan fingerprint density at radius 3 is 2.73 bits per heavy atom. The van der Waals surface area contributed by atoms with E-state index in [1.807, 2.05) is 13.8 Å². The Labute approximate surface area is 91.8 Å². The van der Waals surface area contributed by atoms with E-state index in [9.17, 15) is 4.79 Å². The van der Waals surface area contributed by atoms with Gasteiger partial charge in [0.05, 0.1) is 12.1 Å². The molecule has 1 amide bonds. The number of hydrogen-bond acceptors (Lipinski definition) is 3. The molecular formula is C11H21N3O. The summed E-state index contributed by atoms with van der Waals surface area (Å²) < 4.78 is 0. The van der Waals surface area contributed by atoms with Crippen molar-refractivity contribution in [2.24, 2.45) is 11.7 Å². The van der Waals surface area contributed by atoms with Crippen molar-refractivity contribution in [3.05, 3.63) is 0 Å². The predicted molar refractivity (Wildman–Crippen MR) is 59.9 cm³/mol. The topological polar surface area (TPSA) is 78.9 Å². The molecule has 0 spiro atoms. The van der Waals surface area contributed by atoms with Crippen LogP contribution >= 0.6 is 0 Å². The quantitative estimate of drug-likeness (QED) is 0.620. The van der Waals surface area contributed by atoms with Crippen LogP contribution in [-0.2, 0) is 4.79 Å². The van der Waals surface area contributed by atoms with E-state index < -0.39 is 6.04 Å². The molecule has 0 fully saturated rings. The molecule has 0 aromatic rings. The summed E-state index contributed by atoms with van der Waals surface area (Å²) >= 11 is 0. The van der Waals surface area contributed by atoms with E-state index >= 15 is 0 Å². The second-order valence-corrected chi connectivity index (χ2v) is 3.82. The fourth-order valence-corrected chi connectivity index (χ4v) is 1.17. The van der Waals surface area contributed by atoms with Crippen LogP contribution < -0.4 is 11.1 Å². The average molecular weight is 211 g/mol. The Hall–Kier alpha value is -1.08. The molecule has 0 aromatic heterocycles. The highest BCUT2D eigenvalue weighted by Crippen LogP contribution is 2.04. The van der Waals surface area contributed by atoms with E-state index in [1.165, 1.54) is 0 Å². The summed E-state index contributed by atoms with van der Waals surface area (Å²) in [6.07, 6.45) is 3.12. The van der Waals surface area contributed by atoms with E-state index in [-0.39, 0.29) is 11.8 Å². The Morgan fingerprint density at radius 1 is 1.53 bits per heavy atom. The molecule has 4 heteroatoms. The average Bonchev–Trinajstić information content (AvgIpc) is 2.26. The zero-order chi connectivity index (χ0) is 11.7. The third-order valence-corrected chi connectivity index (χ3v) is 2.57. The number of nitriles is 1. The molecule has 0 aliphatic carbocycles. The lowest BCUT2D eigenvalue weighted by atomic mass is 9.99. The fraction of sp³-hybridized carbons (Fsp3) is 0.818. The first-order valence-electron chi connectivity index (χ1n) is 5.53. The van der Waals surface area contributed by atoms with Crippen LogP contribution in [0, 0.1) is 17.2 Å². The van der Waals surface area contributed by atoms with Crippen LogP contribution in [0.3, 0.4) is 0 Å². The monoisotopic (exact) mass is 211 g/mol. The summed E-state index contributed by atoms with van der Waals surface area (Å²) in [5.41, 5.74) is 5.75. The fourth-order valence-electron chi connectivity index (χ4n) is 1.17. The van der Waals surface area contributed by atoms with Gasteiger partial charge in [0.1, 0.15) is 0 Å². The molecule has 0 aromatic carbocycles. The van der Waals surface area contributed by atoms with Gasteiger partial charge in [0.2, 0.25) is 5.91 Å². The van der Waals surface area contributed by atoms with Gasteiger partial charge in [-0.25, -0.2) is 0 Å². The molecular weight excluding hydrogens is 190 g/mol. The van der Waals surface area contributed by atoms with Gasteiger partial charge in [0, 0.05) is 13.0 Å². The van der Waals surface area contributed by atoms with Crippen LogP contribution in [0.15, 0.2) is 0 Å². The first-order chi connectivity index (χ1) is 7.13. The SMILES string of the molecule is CCC(C)[C@H](N)C(=O)NCCCCC#N. The summed E-state index contributed by atoms with van der Waals surface area (Å²) in [7, 11) is 0. The summed E-state index contributed by atoms with van der Waals surface area (Å²) in [6, 6.07) is 1.66. The third kappa shape index (κ3) is 6.08. The van der Waals surface area contributed by atoms with Crippen molar-refractivity contribution < 1.29 is 4.79 Å². The lowest BCUT2D eigenvalue weighted by Crippen LogP contribution is -2.44. The number of rotatable bonds is 7. The van der Waals surface area contributed by atoms with Gasteiger partial charge in [-0.1, -0.05) is 20.3 Å². The Morgan fingerprint density at radius 2 is 2.20 bits per heavy atom. The van der Waals surface area contributed by atoms with Crippen molar-refractivity contribution in [1.82, 2.24) is 5.32 Å². The Kier molecular flexibility index (Phi) is 7.65. The van der Waals surface area contributed by atoms with E-state index in [0.29, 0.717) is 13.0 Å². The van der Waals surface area contributed by atoms with Crippen LogP contribution in [0.25, 0.3) is 0 Å². The van der Waals surface area contributed by atoms with Crippen molar-refractivity contribution in [3.8, 4) is 6.07 Å². The van der Waals surface area contributed by atoms with Gasteiger partial charge in [0.25, 0.3) is 0 Å². The van der Waals surface area contributed by atoms with Crippen molar-refractivity contribution >= 4 is 5.91 Å². The van der Waals surface area contributed by atoms with Crippen LogP contribution in [-0.4, -0.2) is 18.5 Å². The van der Waals surface area contributed by atoms with Gasteiger partial charge >= 0.3 is 0 Å². The number of nitrogens with one attached hydrogen (secondary N) is 1. The number of carbonyl (C=O) groups is 1. The number of nitrogens with zero attached hydrogens (tertiary/aromatic N) is 1. The number of carbonyl (C=O) groups excluding carboxylic acids is 1. The second kappa shape index (κ2) is 8.25. The number of hydrogen-bond donors (Lipinski definition) is 2. The minimum absolute atomic E-state index is 0.0821. The molecule has 2 atom stereocenters. The maximum atomic E-state index is 11.5. The summed E-state index contributed by atoms with van der Waals surface area (Å²) in [4.78, 5) is 11.5. The highest BCUT2D eigenvalue weighted by Gasteiger charge is 2.18. The van der Waals surface area contributed by atoms with Crippen LogP contribution in [0.2, 0.25) is 0 Å². The molecule has 1 unspecified atom stereocenters. The molecule has 0 aliphatic rings. The molecule has 3 N–H and O–H groups in total. The zero-order valence-corrected chi connectivity index (χ0v) is 9.62. The van der Waals surface area contributed by atoms with E-state index in [4.69, 9.17) is 11.0 Å². The molecule has 0 heterocycles. The van der Waals surface area contributed by atoms with Crippen molar-refractivity contribution in [3.63, 3.8) is 0 Å². The number of amides is 1. The first kappa shape index (κ1) is 13.9. The van der Waals surface area contributed by atoms with Crippen molar-refractivity contribution in [2.45, 2.75) is 45.6 Å². The number of nitrogens with two attached hydrogens (primary N) is 1. The van der Waals surface area contributed by atoms with Gasteiger partial charge in [-0.3, -0.25) is 4.79 Å². The minimum atomic E-state index is -0.411. The van der Waals surface area contributed by atoms with Gasteiger partial charge in [-0.15, -0.1) is 0 Å². The van der Waals surface area contributed by atoms with Gasteiger partial charge in [0.15, 0.2) is 0 Å². The molecule has 86 valence electrons. The zero-order valence-electron chi connectivity index (χ0n) is 9.62. The molecule has 0 saturated carbocycles. The van der Waals surface area contributed by atoms with Crippen LogP contribution in [0.4, 0.5) is 0 Å². The molecule has 15 heavy (non-hydrogen) atoms. The minimum Gasteiger partial charge on any atom is -0.355 e. The standard InChI is InChI=1S/C11H21N3O/c1-3-9(2)10(13)11(15)14-8-6-4-5-7-12/h9-10H,3-6,8,13H2,1-2H3,(H,14,15)/t9?,10-/m0/s1. The Balaban J connectivity index is 3.61. The molecule has 4 nitrogen and oxygen atoms in total. The first-order valence-corrected chi connectivity index (χ1v) is 5.53. The summed E-state index contributed by atoms with van der Waals surface area (Å²) in [5.74, 6) is 0.130. The largest absolute Gasteiger partial charge is 0.355 e. The summed E-state index contributed by atoms with van der Waals surface area (Å²) in [6.45, 7) is 4.61. The van der Waals surface area contributed by atoms with Gasteiger partial charge in [-0.2, -0.15) is 5.26 Å². The lowest BCUT2D eigenvalue weighted by Gasteiger charge is -2.17. The molecule has 0 aliphatic heterocycles. The maximum Gasteiger partial charge on any atom is 0.237 e. The smallest absolute Gasteiger partial charge is 0.237 e. The van der Waals surface area contributed by atoms with Crippen molar-refractivity contribution in [2.75, 3.05) is 6.54 Å². The molecule has 0 radical (unpaired) electrons. The Bertz CT molecular complexity index is 222. The second-order valence-electron chi connectivity index (χ2n) is 3.82. The lowest BCUT2D eigenvalue weighted by molar-refractivity contribution is -0.123. The van der Waals surface area contributed by atoms with Crippen LogP contribution in [0.5, 0.6) is 0 Å². The van der Waals surface area contributed by atoms with Gasteiger partial charge < -0.3 is 11.1 Å². The number of unbranched alkanes of at least 4 members (excludes halogenated alkanes) is 2. The van der Waals surface area contributed by atoms with E-state index in [1.54, 1.807) is 0 Å². The highest BCUT2D eigenvalue weighted by atomic mass is 16.2. The predicted octanol–water partition coefficient (Wildman–Crippen LogP) is 1.17. The maximum absolute atomic E-state index is 11.5. The van der Waals surface area contributed by atoms with E-state index in [0.717, 1.165) is 19.3 Å². The van der Waals surface area contributed by atoms with Gasteiger partial charge in [-0.05, 0) is 18.8 Å². The molecule has 0 saturated heterocycles. The third-order valence-electron chi connectivity index (χ3n) is 2.57. The molecule has 0 rings (SSSR count). The summed E-state index contributed by atoms with van der Waals surface area (Å²) in [5, 5.41) is 11.1. The normalized spacial score (nSPS) is 14.0. The molecule has 0 bridgehead atoms. The van der Waals surface area contributed by atoms with Crippen LogP contribution in [0.1, 0.15) is 39.5 Å². The van der Waals surface area contributed by atoms with Crippen molar-refractivity contribution in [1.29, 1.82) is 5.26 Å². The van der Waals surface area contributed by atoms with E-state index in [2.05, 4.69) is 11.4 Å². The highest BCUT2D eigenvalue weighted by molar-refractivity contribution is 5.81.